The molecule has 1 aliphatic rings. The van der Waals surface area contributed by atoms with Gasteiger partial charge in [0.05, 0.1) is 11.5 Å². The first-order valence-corrected chi connectivity index (χ1v) is 11.6. The van der Waals surface area contributed by atoms with E-state index in [-0.39, 0.29) is 30.6 Å². The zero-order valence-corrected chi connectivity index (χ0v) is 18.1. The molecule has 3 heterocycles. The summed E-state index contributed by atoms with van der Waals surface area (Å²) in [6.07, 6.45) is -1.91. The van der Waals surface area contributed by atoms with Gasteiger partial charge in [-0.25, -0.2) is 8.42 Å². The van der Waals surface area contributed by atoms with Crippen LogP contribution in [0, 0.1) is 5.92 Å². The van der Waals surface area contributed by atoms with Gasteiger partial charge in [0, 0.05) is 25.8 Å². The van der Waals surface area contributed by atoms with Crippen LogP contribution in [-0.4, -0.2) is 41.9 Å². The molecule has 0 aliphatic carbocycles. The number of benzene rings is 1. The Hall–Kier alpha value is -3.12. The molecule has 0 radical (unpaired) electrons. The number of piperidine rings is 1. The highest BCUT2D eigenvalue weighted by Gasteiger charge is 2.35. The van der Waals surface area contributed by atoms with E-state index in [0.717, 1.165) is 12.1 Å². The summed E-state index contributed by atoms with van der Waals surface area (Å²) in [7, 11) is -3.94. The van der Waals surface area contributed by atoms with Crippen molar-refractivity contribution in [3.05, 3.63) is 59.8 Å². The molecule has 0 bridgehead atoms. The summed E-state index contributed by atoms with van der Waals surface area (Å²) in [6, 6.07) is 9.05. The van der Waals surface area contributed by atoms with Crippen molar-refractivity contribution in [2.45, 2.75) is 30.7 Å². The van der Waals surface area contributed by atoms with E-state index in [1.165, 1.54) is 34.8 Å². The first-order chi connectivity index (χ1) is 15.6. The van der Waals surface area contributed by atoms with E-state index in [1.54, 1.807) is 6.07 Å². The molecule has 1 aliphatic heterocycles. The number of carbonyl (C=O) groups is 1. The largest absolute Gasteiger partial charge is 0.442 e. The molecule has 176 valence electrons. The maximum atomic E-state index is 13.0. The maximum absolute atomic E-state index is 13.0. The number of halogens is 3. The molecule has 0 saturated carbocycles. The molecular formula is C21H21F3N4O4S. The van der Waals surface area contributed by atoms with Crippen molar-refractivity contribution < 1.29 is 30.8 Å². The van der Waals surface area contributed by atoms with Gasteiger partial charge in [-0.3, -0.25) is 9.89 Å². The molecule has 1 saturated heterocycles. The number of amides is 1. The number of furan rings is 1. The molecule has 2 N–H and O–H groups in total. The molecule has 1 fully saturated rings. The highest BCUT2D eigenvalue weighted by Crippen LogP contribution is 2.30. The minimum atomic E-state index is -4.42. The van der Waals surface area contributed by atoms with Crippen LogP contribution in [0.1, 0.15) is 24.0 Å². The summed E-state index contributed by atoms with van der Waals surface area (Å²) in [5, 5.41) is 8.96. The smallest absolute Gasteiger partial charge is 0.416 e. The number of nitrogens with zero attached hydrogens (tertiary/aromatic N) is 2. The number of sulfonamides is 1. The number of aromatic amines is 1. The molecule has 3 aromatic rings. The van der Waals surface area contributed by atoms with E-state index in [4.69, 9.17) is 4.42 Å². The second-order valence-electron chi connectivity index (χ2n) is 7.70. The number of H-pyrrole nitrogens is 1. The van der Waals surface area contributed by atoms with Crippen LogP contribution in [0.25, 0.3) is 11.5 Å². The molecule has 1 atom stereocenters. The normalized spacial score (nSPS) is 17.7. The predicted molar refractivity (Wildman–Crippen MR) is 111 cm³/mol. The third-order valence-corrected chi connectivity index (χ3v) is 7.18. The zero-order chi connectivity index (χ0) is 23.6. The number of rotatable bonds is 6. The van der Waals surface area contributed by atoms with Gasteiger partial charge >= 0.3 is 6.18 Å². The van der Waals surface area contributed by atoms with E-state index in [0.29, 0.717) is 29.9 Å². The minimum Gasteiger partial charge on any atom is -0.442 e. The van der Waals surface area contributed by atoms with Crippen LogP contribution in [-0.2, 0) is 27.5 Å². The van der Waals surface area contributed by atoms with Crippen molar-refractivity contribution in [1.29, 1.82) is 0 Å². The fourth-order valence-corrected chi connectivity index (χ4v) is 5.08. The summed E-state index contributed by atoms with van der Waals surface area (Å²) in [5.74, 6) is -0.605. The Labute approximate surface area is 187 Å². The summed E-state index contributed by atoms with van der Waals surface area (Å²) in [6.45, 7) is 0.290. The molecule has 4 rings (SSSR count). The van der Waals surface area contributed by atoms with Crippen molar-refractivity contribution >= 4 is 15.9 Å². The average Bonchev–Trinajstić information content (AvgIpc) is 3.49. The first-order valence-electron chi connectivity index (χ1n) is 10.2. The fraction of sp³-hybridized carbons (Fsp3) is 0.333. The second-order valence-corrected chi connectivity index (χ2v) is 9.57. The summed E-state index contributed by atoms with van der Waals surface area (Å²) in [4.78, 5) is 12.6. The van der Waals surface area contributed by atoms with Gasteiger partial charge in [0.2, 0.25) is 11.0 Å². The number of carbonyl (C=O) groups excluding carboxylic acids is 1. The minimum absolute atomic E-state index is 0.0126. The van der Waals surface area contributed by atoms with Crippen molar-refractivity contribution in [2.75, 3.05) is 13.1 Å². The second kappa shape index (κ2) is 9.02. The standard InChI is InChI=1S/C21H21F3N4O4S/c22-21(23,24)16-5-3-14(4-6-16)12-25-20(29)15-2-1-11-28(13-15)33(30,31)19-8-7-18(32-19)17-9-10-26-27-17/h3-10,15H,1-2,11-13H2,(H,25,29)(H,26,27). The van der Waals surface area contributed by atoms with Crippen molar-refractivity contribution in [3.8, 4) is 11.5 Å². The summed E-state index contributed by atoms with van der Waals surface area (Å²) >= 11 is 0. The van der Waals surface area contributed by atoms with Gasteiger partial charge in [0.1, 0.15) is 5.69 Å². The molecule has 0 spiro atoms. The Morgan fingerprint density at radius 2 is 1.94 bits per heavy atom. The third-order valence-electron chi connectivity index (χ3n) is 5.44. The lowest BCUT2D eigenvalue weighted by molar-refractivity contribution is -0.137. The fourth-order valence-electron chi connectivity index (χ4n) is 3.64. The average molecular weight is 482 g/mol. The molecule has 1 unspecified atom stereocenters. The lowest BCUT2D eigenvalue weighted by Gasteiger charge is -2.30. The summed E-state index contributed by atoms with van der Waals surface area (Å²) in [5.41, 5.74) is 0.286. The van der Waals surface area contributed by atoms with Gasteiger partial charge in [0.25, 0.3) is 10.0 Å². The van der Waals surface area contributed by atoms with Crippen LogP contribution in [0.5, 0.6) is 0 Å². The highest BCUT2D eigenvalue weighted by atomic mass is 32.2. The molecular weight excluding hydrogens is 461 g/mol. The van der Waals surface area contributed by atoms with Crippen molar-refractivity contribution in [2.24, 2.45) is 5.92 Å². The van der Waals surface area contributed by atoms with Crippen LogP contribution in [0.15, 0.2) is 58.2 Å². The van der Waals surface area contributed by atoms with Crippen LogP contribution in [0.4, 0.5) is 13.2 Å². The van der Waals surface area contributed by atoms with Gasteiger partial charge < -0.3 is 9.73 Å². The van der Waals surface area contributed by atoms with E-state index in [2.05, 4.69) is 15.5 Å². The van der Waals surface area contributed by atoms with E-state index in [1.807, 2.05) is 0 Å². The lowest BCUT2D eigenvalue weighted by atomic mass is 9.98. The van der Waals surface area contributed by atoms with Crippen LogP contribution in [0.2, 0.25) is 0 Å². The Balaban J connectivity index is 1.38. The first kappa shape index (κ1) is 23.1. The number of nitrogens with one attached hydrogen (secondary N) is 2. The highest BCUT2D eigenvalue weighted by molar-refractivity contribution is 7.89. The van der Waals surface area contributed by atoms with Gasteiger partial charge in [-0.2, -0.15) is 22.6 Å². The van der Waals surface area contributed by atoms with Gasteiger partial charge in [-0.05, 0) is 48.7 Å². The maximum Gasteiger partial charge on any atom is 0.416 e. The third kappa shape index (κ3) is 5.11. The number of hydrogen-bond acceptors (Lipinski definition) is 5. The molecule has 12 heteroatoms. The number of alkyl halides is 3. The Kier molecular flexibility index (Phi) is 6.30. The molecule has 8 nitrogen and oxygen atoms in total. The monoisotopic (exact) mass is 482 g/mol. The van der Waals surface area contributed by atoms with Gasteiger partial charge in [0.15, 0.2) is 5.76 Å². The van der Waals surface area contributed by atoms with Gasteiger partial charge in [-0.1, -0.05) is 12.1 Å². The zero-order valence-electron chi connectivity index (χ0n) is 17.3. The predicted octanol–water partition coefficient (Wildman–Crippen LogP) is 3.41. The lowest BCUT2D eigenvalue weighted by Crippen LogP contribution is -2.45. The summed E-state index contributed by atoms with van der Waals surface area (Å²) < 4.78 is 70.8. The Morgan fingerprint density at radius 1 is 1.18 bits per heavy atom. The van der Waals surface area contributed by atoms with Crippen molar-refractivity contribution in [1.82, 2.24) is 19.8 Å². The number of hydrogen-bond donors (Lipinski definition) is 2. The Bertz CT molecular complexity index is 1210. The molecule has 1 amide bonds. The number of aromatic nitrogens is 2. The van der Waals surface area contributed by atoms with Crippen LogP contribution in [0.3, 0.4) is 0 Å². The van der Waals surface area contributed by atoms with Crippen LogP contribution >= 0.6 is 0 Å². The van der Waals surface area contributed by atoms with Gasteiger partial charge in [-0.15, -0.1) is 0 Å². The van der Waals surface area contributed by atoms with E-state index < -0.39 is 27.7 Å². The quantitative estimate of drug-likeness (QED) is 0.560. The SMILES string of the molecule is O=C(NCc1ccc(C(F)(F)F)cc1)C1CCCN(S(=O)(=O)c2ccc(-c3ccn[nH]3)o2)C1. The topological polar surface area (TPSA) is 108 Å². The van der Waals surface area contributed by atoms with E-state index in [9.17, 15) is 26.4 Å². The van der Waals surface area contributed by atoms with Crippen LogP contribution < -0.4 is 5.32 Å². The molecule has 33 heavy (non-hydrogen) atoms. The molecule has 1 aromatic carbocycles. The Morgan fingerprint density at radius 3 is 2.61 bits per heavy atom. The molecule has 2 aromatic heterocycles. The van der Waals surface area contributed by atoms with Crippen molar-refractivity contribution in [3.63, 3.8) is 0 Å². The van der Waals surface area contributed by atoms with E-state index >= 15 is 0 Å².